The SMILES string of the molecule is CCNC(=NCCCc1ccc(Cl)cc1)NCCOC. The standard InChI is InChI=1S/C15H24ClN3O/c1-3-17-15(19-11-12-20-2)18-10-4-5-13-6-8-14(16)9-7-13/h6-9H,3-5,10-12H2,1-2H3,(H2,17,18,19). The van der Waals surface area contributed by atoms with Gasteiger partial charge in [-0.05, 0) is 37.5 Å². The van der Waals surface area contributed by atoms with Crippen molar-refractivity contribution in [2.75, 3.05) is 33.4 Å². The van der Waals surface area contributed by atoms with Gasteiger partial charge < -0.3 is 15.4 Å². The van der Waals surface area contributed by atoms with Crippen LogP contribution in [0.3, 0.4) is 0 Å². The van der Waals surface area contributed by atoms with E-state index in [2.05, 4.69) is 34.7 Å². The van der Waals surface area contributed by atoms with Crippen molar-refractivity contribution >= 4 is 17.6 Å². The van der Waals surface area contributed by atoms with E-state index in [4.69, 9.17) is 16.3 Å². The summed E-state index contributed by atoms with van der Waals surface area (Å²) in [4.78, 5) is 4.53. The lowest BCUT2D eigenvalue weighted by molar-refractivity contribution is 0.203. The van der Waals surface area contributed by atoms with Crippen LogP contribution in [0.5, 0.6) is 0 Å². The molecule has 0 aliphatic rings. The van der Waals surface area contributed by atoms with Gasteiger partial charge in [-0.3, -0.25) is 4.99 Å². The third-order valence-electron chi connectivity index (χ3n) is 2.75. The van der Waals surface area contributed by atoms with Crippen LogP contribution in [-0.4, -0.2) is 39.3 Å². The molecule has 0 unspecified atom stereocenters. The predicted molar refractivity (Wildman–Crippen MR) is 85.6 cm³/mol. The summed E-state index contributed by atoms with van der Waals surface area (Å²) in [7, 11) is 1.69. The van der Waals surface area contributed by atoms with Gasteiger partial charge in [-0.15, -0.1) is 0 Å². The van der Waals surface area contributed by atoms with Crippen LogP contribution >= 0.6 is 11.6 Å². The molecule has 0 amide bonds. The lowest BCUT2D eigenvalue weighted by Gasteiger charge is -2.10. The Morgan fingerprint density at radius 1 is 1.25 bits per heavy atom. The smallest absolute Gasteiger partial charge is 0.191 e. The van der Waals surface area contributed by atoms with Crippen molar-refractivity contribution < 1.29 is 4.74 Å². The van der Waals surface area contributed by atoms with E-state index < -0.39 is 0 Å². The van der Waals surface area contributed by atoms with E-state index in [1.165, 1.54) is 5.56 Å². The largest absolute Gasteiger partial charge is 0.383 e. The second-order valence-electron chi connectivity index (χ2n) is 4.41. The maximum absolute atomic E-state index is 5.86. The van der Waals surface area contributed by atoms with Crippen LogP contribution in [0.15, 0.2) is 29.3 Å². The molecule has 1 aromatic rings. The Labute approximate surface area is 126 Å². The van der Waals surface area contributed by atoms with Gasteiger partial charge in [0.2, 0.25) is 0 Å². The minimum absolute atomic E-state index is 0.676. The summed E-state index contributed by atoms with van der Waals surface area (Å²) in [6.45, 7) is 5.15. The third kappa shape index (κ3) is 7.36. The van der Waals surface area contributed by atoms with Gasteiger partial charge in [0.05, 0.1) is 6.61 Å². The summed E-state index contributed by atoms with van der Waals surface area (Å²) in [5.41, 5.74) is 1.29. The van der Waals surface area contributed by atoms with Crippen molar-refractivity contribution in [3.63, 3.8) is 0 Å². The number of hydrogen-bond acceptors (Lipinski definition) is 2. The first-order valence-electron chi connectivity index (χ1n) is 7.01. The molecule has 1 aromatic carbocycles. The van der Waals surface area contributed by atoms with Crippen LogP contribution < -0.4 is 10.6 Å². The Morgan fingerprint density at radius 3 is 2.65 bits per heavy atom. The highest BCUT2D eigenvalue weighted by Gasteiger charge is 1.97. The van der Waals surface area contributed by atoms with Crippen molar-refractivity contribution in [1.29, 1.82) is 0 Å². The van der Waals surface area contributed by atoms with Crippen LogP contribution in [0.2, 0.25) is 5.02 Å². The lowest BCUT2D eigenvalue weighted by atomic mass is 10.1. The molecule has 4 nitrogen and oxygen atoms in total. The van der Waals surface area contributed by atoms with Gasteiger partial charge in [0, 0.05) is 31.8 Å². The highest BCUT2D eigenvalue weighted by Crippen LogP contribution is 2.10. The van der Waals surface area contributed by atoms with Crippen LogP contribution in [0.1, 0.15) is 18.9 Å². The molecule has 0 aliphatic heterocycles. The van der Waals surface area contributed by atoms with E-state index >= 15 is 0 Å². The summed E-state index contributed by atoms with van der Waals surface area (Å²) < 4.78 is 5.01. The molecule has 0 aromatic heterocycles. The highest BCUT2D eigenvalue weighted by atomic mass is 35.5. The Hall–Kier alpha value is -1.26. The van der Waals surface area contributed by atoms with Gasteiger partial charge in [-0.1, -0.05) is 23.7 Å². The number of aryl methyl sites for hydroxylation is 1. The number of aliphatic imine (C=N–C) groups is 1. The fourth-order valence-electron chi connectivity index (χ4n) is 1.74. The molecular formula is C15H24ClN3O. The number of nitrogens with zero attached hydrogens (tertiary/aromatic N) is 1. The molecule has 2 N–H and O–H groups in total. The first-order valence-corrected chi connectivity index (χ1v) is 7.39. The summed E-state index contributed by atoms with van der Waals surface area (Å²) in [5.74, 6) is 0.848. The Balaban J connectivity index is 2.30. The monoisotopic (exact) mass is 297 g/mol. The molecular weight excluding hydrogens is 274 g/mol. The molecule has 112 valence electrons. The normalized spacial score (nSPS) is 11.4. The van der Waals surface area contributed by atoms with Crippen molar-refractivity contribution in [2.24, 2.45) is 4.99 Å². The van der Waals surface area contributed by atoms with Crippen molar-refractivity contribution in [2.45, 2.75) is 19.8 Å². The zero-order valence-corrected chi connectivity index (χ0v) is 13.0. The molecule has 5 heteroatoms. The van der Waals surface area contributed by atoms with E-state index in [1.54, 1.807) is 7.11 Å². The second kappa shape index (κ2) is 10.5. The zero-order chi connectivity index (χ0) is 14.6. The fourth-order valence-corrected chi connectivity index (χ4v) is 1.86. The van der Waals surface area contributed by atoms with Crippen LogP contribution in [0.25, 0.3) is 0 Å². The Kier molecular flexibility index (Phi) is 8.83. The summed E-state index contributed by atoms with van der Waals surface area (Å²) in [6.07, 6.45) is 2.03. The minimum atomic E-state index is 0.676. The quantitative estimate of drug-likeness (QED) is 0.440. The molecule has 20 heavy (non-hydrogen) atoms. The van der Waals surface area contributed by atoms with E-state index in [0.29, 0.717) is 6.61 Å². The van der Waals surface area contributed by atoms with Gasteiger partial charge >= 0.3 is 0 Å². The van der Waals surface area contributed by atoms with E-state index in [9.17, 15) is 0 Å². The average Bonchev–Trinajstić information content (AvgIpc) is 2.45. The molecule has 0 aliphatic carbocycles. The number of hydrogen-bond donors (Lipinski definition) is 2. The average molecular weight is 298 g/mol. The number of nitrogens with one attached hydrogen (secondary N) is 2. The number of guanidine groups is 1. The maximum atomic E-state index is 5.86. The van der Waals surface area contributed by atoms with Gasteiger partial charge in [0.15, 0.2) is 5.96 Å². The molecule has 1 rings (SSSR count). The van der Waals surface area contributed by atoms with Gasteiger partial charge in [-0.25, -0.2) is 0 Å². The number of benzene rings is 1. The van der Waals surface area contributed by atoms with Crippen molar-refractivity contribution in [3.05, 3.63) is 34.9 Å². The molecule has 0 saturated heterocycles. The van der Waals surface area contributed by atoms with Gasteiger partial charge in [-0.2, -0.15) is 0 Å². The second-order valence-corrected chi connectivity index (χ2v) is 4.85. The number of ether oxygens (including phenoxy) is 1. The zero-order valence-electron chi connectivity index (χ0n) is 12.3. The number of methoxy groups -OCH3 is 1. The van der Waals surface area contributed by atoms with Gasteiger partial charge in [0.1, 0.15) is 0 Å². The van der Waals surface area contributed by atoms with E-state index in [0.717, 1.165) is 43.5 Å². The summed E-state index contributed by atoms with van der Waals surface area (Å²) in [5, 5.41) is 7.22. The van der Waals surface area contributed by atoms with Gasteiger partial charge in [0.25, 0.3) is 0 Å². The van der Waals surface area contributed by atoms with E-state index in [-0.39, 0.29) is 0 Å². The first-order chi connectivity index (χ1) is 9.76. The number of rotatable bonds is 8. The molecule has 0 heterocycles. The molecule has 0 saturated carbocycles. The first kappa shape index (κ1) is 16.8. The summed E-state index contributed by atoms with van der Waals surface area (Å²) >= 11 is 5.86. The molecule has 0 bridgehead atoms. The van der Waals surface area contributed by atoms with Crippen LogP contribution in [-0.2, 0) is 11.2 Å². The maximum Gasteiger partial charge on any atom is 0.191 e. The fraction of sp³-hybridized carbons (Fsp3) is 0.533. The summed E-state index contributed by atoms with van der Waals surface area (Å²) in [6, 6.07) is 7.98. The molecule has 0 spiro atoms. The minimum Gasteiger partial charge on any atom is -0.383 e. The van der Waals surface area contributed by atoms with Crippen LogP contribution in [0.4, 0.5) is 0 Å². The van der Waals surface area contributed by atoms with E-state index in [1.807, 2.05) is 12.1 Å². The Bertz CT molecular complexity index is 393. The van der Waals surface area contributed by atoms with Crippen molar-refractivity contribution in [3.8, 4) is 0 Å². The lowest BCUT2D eigenvalue weighted by Crippen LogP contribution is -2.39. The number of halogens is 1. The Morgan fingerprint density at radius 2 is 2.00 bits per heavy atom. The molecule has 0 fully saturated rings. The molecule has 0 atom stereocenters. The third-order valence-corrected chi connectivity index (χ3v) is 3.00. The van der Waals surface area contributed by atoms with Crippen molar-refractivity contribution in [1.82, 2.24) is 10.6 Å². The predicted octanol–water partition coefficient (Wildman–Crippen LogP) is 2.47. The topological polar surface area (TPSA) is 45.7 Å². The molecule has 0 radical (unpaired) electrons. The highest BCUT2D eigenvalue weighted by molar-refractivity contribution is 6.30. The van der Waals surface area contributed by atoms with Crippen LogP contribution in [0, 0.1) is 0 Å².